The highest BCUT2D eigenvalue weighted by Gasteiger charge is 2.16. The van der Waals surface area contributed by atoms with E-state index in [1.54, 1.807) is 0 Å². The van der Waals surface area contributed by atoms with Gasteiger partial charge in [0.2, 0.25) is 0 Å². The molecule has 0 aromatic heterocycles. The van der Waals surface area contributed by atoms with Crippen LogP contribution in [0.2, 0.25) is 5.02 Å². The van der Waals surface area contributed by atoms with Crippen molar-refractivity contribution < 1.29 is 17.9 Å². The van der Waals surface area contributed by atoms with Crippen molar-refractivity contribution in [2.24, 2.45) is 5.18 Å². The highest BCUT2D eigenvalue weighted by molar-refractivity contribution is 7.90. The summed E-state index contributed by atoms with van der Waals surface area (Å²) in [4.78, 5) is 22.3. The fourth-order valence-electron chi connectivity index (χ4n) is 1.63. The van der Waals surface area contributed by atoms with Crippen LogP contribution in [0.15, 0.2) is 52.5 Å². The Bertz CT molecular complexity index is 831. The Labute approximate surface area is 131 Å². The predicted molar refractivity (Wildman–Crippen MR) is 81.4 cm³/mol. The zero-order chi connectivity index (χ0) is 16.3. The molecule has 0 fully saturated rings. The molecule has 0 aliphatic rings. The predicted octanol–water partition coefficient (Wildman–Crippen LogP) is 3.36. The zero-order valence-electron chi connectivity index (χ0n) is 11.3. The minimum absolute atomic E-state index is 0.00969. The van der Waals surface area contributed by atoms with E-state index < -0.39 is 15.8 Å². The van der Waals surface area contributed by atoms with E-state index >= 15 is 0 Å². The Kier molecular flexibility index (Phi) is 4.58. The van der Waals surface area contributed by atoms with E-state index in [-0.39, 0.29) is 26.9 Å². The van der Waals surface area contributed by atoms with Crippen LogP contribution in [0.25, 0.3) is 0 Å². The molecular formula is C14H10ClNO5S. The van der Waals surface area contributed by atoms with E-state index in [9.17, 15) is 18.1 Å². The molecule has 0 unspecified atom stereocenters. The van der Waals surface area contributed by atoms with Crippen LogP contribution < -0.4 is 4.74 Å². The summed E-state index contributed by atoms with van der Waals surface area (Å²) in [5, 5.41) is 2.70. The molecule has 0 aliphatic carbocycles. The first kappa shape index (κ1) is 16.1. The monoisotopic (exact) mass is 339 g/mol. The van der Waals surface area contributed by atoms with Crippen molar-refractivity contribution in [3.8, 4) is 5.75 Å². The molecule has 0 N–H and O–H groups in total. The van der Waals surface area contributed by atoms with Gasteiger partial charge in [0, 0.05) is 6.26 Å². The molecule has 0 saturated carbocycles. The summed E-state index contributed by atoms with van der Waals surface area (Å²) >= 11 is 5.92. The second-order valence-corrected chi connectivity index (χ2v) is 6.81. The number of hydrogen-bond acceptors (Lipinski definition) is 6. The van der Waals surface area contributed by atoms with E-state index in [4.69, 9.17) is 16.3 Å². The smallest absolute Gasteiger partial charge is 0.345 e. The van der Waals surface area contributed by atoms with E-state index in [0.29, 0.717) is 0 Å². The highest BCUT2D eigenvalue weighted by Crippen LogP contribution is 2.23. The van der Waals surface area contributed by atoms with E-state index in [2.05, 4.69) is 5.18 Å². The Morgan fingerprint density at radius 3 is 2.27 bits per heavy atom. The lowest BCUT2D eigenvalue weighted by Gasteiger charge is -2.07. The number of ether oxygens (including phenoxy) is 1. The number of benzene rings is 2. The molecule has 8 heteroatoms. The number of carbonyl (C=O) groups excluding carboxylic acids is 1. The Morgan fingerprint density at radius 2 is 1.77 bits per heavy atom. The van der Waals surface area contributed by atoms with Gasteiger partial charge in [-0.15, -0.1) is 4.91 Å². The first-order chi connectivity index (χ1) is 10.3. The quantitative estimate of drug-likeness (QED) is 0.484. The fraction of sp³-hybridized carbons (Fsp3) is 0.0714. The van der Waals surface area contributed by atoms with E-state index in [1.165, 1.54) is 42.5 Å². The molecule has 0 amide bonds. The maximum absolute atomic E-state index is 12.0. The second-order valence-electron chi connectivity index (χ2n) is 4.39. The number of rotatable bonds is 4. The summed E-state index contributed by atoms with van der Waals surface area (Å²) in [5.41, 5.74) is 0.238. The standard InChI is InChI=1S/C14H10ClNO5S/c1-22(19,20)11-6-7-12(13(15)8-11)14(17)21-10-4-2-9(16-18)3-5-10/h2-8H,1H3. The van der Waals surface area contributed by atoms with Gasteiger partial charge < -0.3 is 4.74 Å². The minimum Gasteiger partial charge on any atom is -0.423 e. The van der Waals surface area contributed by atoms with Crippen LogP contribution in [-0.2, 0) is 9.84 Å². The Hall–Kier alpha value is -2.25. The van der Waals surface area contributed by atoms with Gasteiger partial charge in [-0.1, -0.05) is 11.6 Å². The summed E-state index contributed by atoms with van der Waals surface area (Å²) in [6.45, 7) is 0. The SMILES string of the molecule is CS(=O)(=O)c1ccc(C(=O)Oc2ccc(N=O)cc2)c(Cl)c1. The van der Waals surface area contributed by atoms with Crippen molar-refractivity contribution in [3.05, 3.63) is 58.0 Å². The second kappa shape index (κ2) is 6.25. The van der Waals surface area contributed by atoms with Crippen molar-refractivity contribution in [2.45, 2.75) is 4.90 Å². The number of nitroso groups, excluding NO2 is 1. The molecule has 22 heavy (non-hydrogen) atoms. The Morgan fingerprint density at radius 1 is 1.14 bits per heavy atom. The van der Waals surface area contributed by atoms with Crippen LogP contribution in [0.5, 0.6) is 5.75 Å². The molecular weight excluding hydrogens is 330 g/mol. The van der Waals surface area contributed by atoms with E-state index in [1.807, 2.05) is 0 Å². The first-order valence-electron chi connectivity index (χ1n) is 5.96. The normalized spacial score (nSPS) is 11.0. The minimum atomic E-state index is -3.41. The van der Waals surface area contributed by atoms with Crippen LogP contribution in [0.1, 0.15) is 10.4 Å². The van der Waals surface area contributed by atoms with Gasteiger partial charge in [-0.3, -0.25) is 0 Å². The fourth-order valence-corrected chi connectivity index (χ4v) is 2.60. The molecule has 114 valence electrons. The highest BCUT2D eigenvalue weighted by atomic mass is 35.5. The third kappa shape index (κ3) is 3.69. The lowest BCUT2D eigenvalue weighted by atomic mass is 10.2. The van der Waals surface area contributed by atoms with Crippen molar-refractivity contribution in [3.63, 3.8) is 0 Å². The number of nitrogens with zero attached hydrogens (tertiary/aromatic N) is 1. The zero-order valence-corrected chi connectivity index (χ0v) is 12.9. The van der Waals surface area contributed by atoms with E-state index in [0.717, 1.165) is 6.26 Å². The van der Waals surface area contributed by atoms with Crippen molar-refractivity contribution in [1.29, 1.82) is 0 Å². The van der Waals surface area contributed by atoms with Crippen LogP contribution >= 0.6 is 11.6 Å². The summed E-state index contributed by atoms with van der Waals surface area (Å²) in [5.74, 6) is -0.530. The van der Waals surface area contributed by atoms with Gasteiger partial charge in [-0.2, -0.15) is 0 Å². The molecule has 0 atom stereocenters. The number of carbonyl (C=O) groups is 1. The third-order valence-electron chi connectivity index (χ3n) is 2.74. The average Bonchev–Trinajstić information content (AvgIpc) is 2.46. The molecule has 0 spiro atoms. The molecule has 0 heterocycles. The van der Waals surface area contributed by atoms with Crippen molar-refractivity contribution in [2.75, 3.05) is 6.26 Å². The number of hydrogen-bond donors (Lipinski definition) is 0. The first-order valence-corrected chi connectivity index (χ1v) is 8.23. The van der Waals surface area contributed by atoms with Crippen molar-refractivity contribution in [1.82, 2.24) is 0 Å². The number of sulfone groups is 1. The van der Waals surface area contributed by atoms with Gasteiger partial charge in [0.05, 0.1) is 15.5 Å². The lowest BCUT2D eigenvalue weighted by molar-refractivity contribution is 0.0735. The van der Waals surface area contributed by atoms with Gasteiger partial charge in [0.15, 0.2) is 9.84 Å². The summed E-state index contributed by atoms with van der Waals surface area (Å²) in [6.07, 6.45) is 1.04. The lowest BCUT2D eigenvalue weighted by Crippen LogP contribution is -2.10. The molecule has 0 aliphatic heterocycles. The largest absolute Gasteiger partial charge is 0.423 e. The molecule has 6 nitrogen and oxygen atoms in total. The summed E-state index contributed by atoms with van der Waals surface area (Å²) in [6, 6.07) is 9.35. The Balaban J connectivity index is 2.24. The molecule has 0 radical (unpaired) electrons. The van der Waals surface area contributed by atoms with Crippen LogP contribution in [0.4, 0.5) is 5.69 Å². The van der Waals surface area contributed by atoms with Crippen LogP contribution in [0, 0.1) is 4.91 Å². The summed E-state index contributed by atoms with van der Waals surface area (Å²) < 4.78 is 27.9. The number of halogens is 1. The van der Waals surface area contributed by atoms with Gasteiger partial charge >= 0.3 is 5.97 Å². The molecule has 0 saturated heterocycles. The topological polar surface area (TPSA) is 89.9 Å². The molecule has 2 rings (SSSR count). The maximum Gasteiger partial charge on any atom is 0.345 e. The van der Waals surface area contributed by atoms with Crippen LogP contribution in [-0.4, -0.2) is 20.6 Å². The van der Waals surface area contributed by atoms with Gasteiger partial charge in [-0.05, 0) is 47.6 Å². The van der Waals surface area contributed by atoms with Gasteiger partial charge in [0.25, 0.3) is 0 Å². The average molecular weight is 340 g/mol. The molecule has 2 aromatic carbocycles. The van der Waals surface area contributed by atoms with Crippen LogP contribution in [0.3, 0.4) is 0 Å². The van der Waals surface area contributed by atoms with Crippen molar-refractivity contribution >= 4 is 33.1 Å². The van der Waals surface area contributed by atoms with Gasteiger partial charge in [-0.25, -0.2) is 13.2 Å². The maximum atomic E-state index is 12.0. The van der Waals surface area contributed by atoms with Gasteiger partial charge in [0.1, 0.15) is 11.4 Å². The summed E-state index contributed by atoms with van der Waals surface area (Å²) in [7, 11) is -3.41. The number of esters is 1. The third-order valence-corrected chi connectivity index (χ3v) is 4.16. The molecule has 2 aromatic rings. The molecule has 0 bridgehead atoms.